The molecule has 1 aromatic carbocycles. The normalized spacial score (nSPS) is 12.2. The predicted molar refractivity (Wildman–Crippen MR) is 79.0 cm³/mol. The van der Waals surface area contributed by atoms with Gasteiger partial charge in [0.05, 0.1) is 23.0 Å². The minimum atomic E-state index is 0.521. The van der Waals surface area contributed by atoms with Crippen LogP contribution in [-0.4, -0.2) is 6.61 Å². The van der Waals surface area contributed by atoms with E-state index in [1.807, 2.05) is 25.1 Å². The van der Waals surface area contributed by atoms with Crippen LogP contribution in [0.4, 0.5) is 5.69 Å². The average Bonchev–Trinajstić information content (AvgIpc) is 2.38. The van der Waals surface area contributed by atoms with Gasteiger partial charge in [-0.1, -0.05) is 23.7 Å². The number of nitrogens with two attached hydrogens (primary N) is 3. The zero-order chi connectivity index (χ0) is 14.3. The number of halogens is 1. The summed E-state index contributed by atoms with van der Waals surface area (Å²) in [5.74, 6) is 11.1. The summed E-state index contributed by atoms with van der Waals surface area (Å²) in [6, 6.07) is 7.39. The Balaban J connectivity index is 2.78. The highest BCUT2D eigenvalue weighted by Gasteiger charge is 2.12. The van der Waals surface area contributed by atoms with Gasteiger partial charge in [0.2, 0.25) is 0 Å². The molecule has 0 aliphatic rings. The van der Waals surface area contributed by atoms with Crippen molar-refractivity contribution in [2.75, 3.05) is 11.6 Å². The van der Waals surface area contributed by atoms with Crippen LogP contribution in [0.3, 0.4) is 0 Å². The molecule has 0 fully saturated rings. The first kappa shape index (κ1) is 15.8. The molecule has 0 unspecified atom stereocenters. The van der Waals surface area contributed by atoms with Crippen molar-refractivity contribution in [3.8, 4) is 0 Å². The lowest BCUT2D eigenvalue weighted by Crippen LogP contribution is -2.32. The summed E-state index contributed by atoms with van der Waals surface area (Å²) >= 11 is 6.13. The molecule has 1 rings (SSSR count). The Hall–Kier alpha value is -1.27. The smallest absolute Gasteiger partial charge is 0.0758 e. The lowest BCUT2D eigenvalue weighted by molar-refractivity contribution is 0.134. The number of hydrogen-bond donors (Lipinski definition) is 3. The van der Waals surface area contributed by atoms with Crippen molar-refractivity contribution in [2.45, 2.75) is 26.2 Å². The summed E-state index contributed by atoms with van der Waals surface area (Å²) in [4.78, 5) is 4.54. The van der Waals surface area contributed by atoms with Gasteiger partial charge in [-0.15, -0.1) is 0 Å². The summed E-state index contributed by atoms with van der Waals surface area (Å²) in [5.41, 5.74) is 8.16. The second-order valence-corrected chi connectivity index (χ2v) is 4.69. The van der Waals surface area contributed by atoms with Gasteiger partial charge in [-0.25, -0.2) is 11.7 Å². The molecule has 0 amide bonds. The van der Waals surface area contributed by atoms with Crippen molar-refractivity contribution in [1.29, 1.82) is 0 Å². The Kier molecular flexibility index (Phi) is 6.66. The Morgan fingerprint density at radius 1 is 1.32 bits per heavy atom. The first-order valence-corrected chi connectivity index (χ1v) is 6.52. The average molecular weight is 285 g/mol. The molecule has 0 saturated heterocycles. The highest BCUT2D eigenvalue weighted by Crippen LogP contribution is 2.27. The van der Waals surface area contributed by atoms with E-state index in [0.29, 0.717) is 17.3 Å². The molecule has 19 heavy (non-hydrogen) atoms. The van der Waals surface area contributed by atoms with E-state index in [1.165, 1.54) is 0 Å². The second kappa shape index (κ2) is 8.01. The molecule has 0 saturated carbocycles. The molecule has 0 spiro atoms. The minimum absolute atomic E-state index is 0.521. The number of para-hydroxylation sites is 1. The van der Waals surface area contributed by atoms with Gasteiger partial charge in [-0.05, 0) is 38.3 Å². The van der Waals surface area contributed by atoms with E-state index in [4.69, 9.17) is 29.1 Å². The molecular formula is C13H21ClN4O. The first-order chi connectivity index (χ1) is 9.07. The number of rotatable bonds is 7. The molecule has 6 N–H and O–H groups in total. The van der Waals surface area contributed by atoms with Gasteiger partial charge in [0.1, 0.15) is 0 Å². The number of hydrazine groups is 1. The van der Waals surface area contributed by atoms with Gasteiger partial charge < -0.3 is 10.6 Å². The summed E-state index contributed by atoms with van der Waals surface area (Å²) in [6.45, 7) is 2.35. The van der Waals surface area contributed by atoms with Crippen molar-refractivity contribution >= 4 is 17.3 Å². The van der Waals surface area contributed by atoms with E-state index in [2.05, 4.69) is 4.84 Å². The van der Waals surface area contributed by atoms with Crippen LogP contribution in [0, 0.1) is 0 Å². The maximum Gasteiger partial charge on any atom is 0.0758 e. The lowest BCUT2D eigenvalue weighted by atomic mass is 10.1. The molecular weight excluding hydrogens is 264 g/mol. The molecule has 0 aliphatic heterocycles. The van der Waals surface area contributed by atoms with E-state index in [-0.39, 0.29) is 0 Å². The third-order valence-corrected chi connectivity index (χ3v) is 3.10. The van der Waals surface area contributed by atoms with Crippen LogP contribution in [0.25, 0.3) is 0 Å². The molecule has 0 bridgehead atoms. The van der Waals surface area contributed by atoms with Gasteiger partial charge >= 0.3 is 0 Å². The second-order valence-electron chi connectivity index (χ2n) is 4.28. The summed E-state index contributed by atoms with van der Waals surface area (Å²) in [6.07, 6.45) is 2.48. The van der Waals surface area contributed by atoms with Crippen LogP contribution in [0.5, 0.6) is 0 Å². The number of hydrogen-bond acceptors (Lipinski definition) is 5. The van der Waals surface area contributed by atoms with Crippen molar-refractivity contribution in [3.05, 3.63) is 40.7 Å². The van der Waals surface area contributed by atoms with Crippen LogP contribution in [0.2, 0.25) is 5.02 Å². The van der Waals surface area contributed by atoms with Crippen molar-refractivity contribution in [2.24, 2.45) is 17.5 Å². The van der Waals surface area contributed by atoms with Crippen molar-refractivity contribution in [1.82, 2.24) is 0 Å². The molecule has 6 heteroatoms. The first-order valence-electron chi connectivity index (χ1n) is 6.14. The zero-order valence-corrected chi connectivity index (χ0v) is 11.9. The van der Waals surface area contributed by atoms with Crippen LogP contribution in [0.15, 0.2) is 35.7 Å². The van der Waals surface area contributed by atoms with Gasteiger partial charge in [0.15, 0.2) is 0 Å². The van der Waals surface area contributed by atoms with E-state index in [9.17, 15) is 0 Å². The maximum atomic E-state index is 6.13. The van der Waals surface area contributed by atoms with Crippen LogP contribution in [-0.2, 0) is 4.84 Å². The zero-order valence-electron chi connectivity index (χ0n) is 11.1. The largest absolute Gasteiger partial charge is 0.401 e. The number of unbranched alkanes of at least 4 members (excludes halogenated alkanes) is 1. The fourth-order valence-electron chi connectivity index (χ4n) is 1.78. The highest BCUT2D eigenvalue weighted by atomic mass is 35.5. The molecule has 106 valence electrons. The summed E-state index contributed by atoms with van der Waals surface area (Å²) in [7, 11) is 0. The van der Waals surface area contributed by atoms with Crippen molar-refractivity contribution < 1.29 is 4.84 Å². The number of benzene rings is 1. The molecule has 1 aromatic rings. The lowest BCUT2D eigenvalue weighted by Gasteiger charge is -2.24. The van der Waals surface area contributed by atoms with Gasteiger partial charge in [0, 0.05) is 5.70 Å². The molecule has 0 aliphatic carbocycles. The van der Waals surface area contributed by atoms with Gasteiger partial charge in [-0.3, -0.25) is 5.01 Å². The highest BCUT2D eigenvalue weighted by molar-refractivity contribution is 6.33. The molecule has 5 nitrogen and oxygen atoms in total. The van der Waals surface area contributed by atoms with Crippen LogP contribution < -0.4 is 22.5 Å². The molecule has 0 aromatic heterocycles. The Labute approximate surface area is 118 Å². The van der Waals surface area contributed by atoms with Crippen molar-refractivity contribution in [3.63, 3.8) is 0 Å². The number of allylic oxidation sites excluding steroid dienone is 2. The standard InChI is InChI=1S/C13H21ClN4O/c1-10(15)12(7-4-5-9-19-17)18(16)13-8-3-2-6-11(13)14/h2-3,6,8H,4-5,7,9,15-17H2,1H3/b12-10-. The SMILES string of the molecule is C/C(N)=C(\CCCCON)N(N)c1ccccc1Cl. The van der Waals surface area contributed by atoms with E-state index in [1.54, 1.807) is 11.1 Å². The fourth-order valence-corrected chi connectivity index (χ4v) is 2.00. The van der Waals surface area contributed by atoms with Gasteiger partial charge in [-0.2, -0.15) is 0 Å². The van der Waals surface area contributed by atoms with E-state index in [0.717, 1.165) is 30.6 Å². The Morgan fingerprint density at radius 2 is 2.00 bits per heavy atom. The van der Waals surface area contributed by atoms with Crippen LogP contribution >= 0.6 is 11.6 Å². The number of nitrogens with zero attached hydrogens (tertiary/aromatic N) is 1. The quantitative estimate of drug-likeness (QED) is 0.406. The summed E-state index contributed by atoms with van der Waals surface area (Å²) < 4.78 is 0. The van der Waals surface area contributed by atoms with E-state index >= 15 is 0 Å². The fraction of sp³-hybridized carbons (Fsp3) is 0.385. The minimum Gasteiger partial charge on any atom is -0.401 e. The van der Waals surface area contributed by atoms with Crippen LogP contribution in [0.1, 0.15) is 26.2 Å². The molecule has 0 radical (unpaired) electrons. The molecule has 0 heterocycles. The van der Waals surface area contributed by atoms with Gasteiger partial charge in [0.25, 0.3) is 0 Å². The summed E-state index contributed by atoms with van der Waals surface area (Å²) in [5, 5.41) is 2.13. The van der Waals surface area contributed by atoms with E-state index < -0.39 is 0 Å². The third kappa shape index (κ3) is 4.72. The Morgan fingerprint density at radius 3 is 2.58 bits per heavy atom. The Bertz CT molecular complexity index is 432. The predicted octanol–water partition coefficient (Wildman–Crippen LogP) is 2.27. The third-order valence-electron chi connectivity index (χ3n) is 2.78. The number of anilines is 1. The molecule has 0 atom stereocenters. The topological polar surface area (TPSA) is 90.5 Å². The maximum absolute atomic E-state index is 6.13. The monoisotopic (exact) mass is 284 g/mol.